The maximum Gasteiger partial charge on any atom is 0.203 e. The van der Waals surface area contributed by atoms with Crippen molar-refractivity contribution in [3.63, 3.8) is 0 Å². The molecule has 37 heavy (non-hydrogen) atoms. The van der Waals surface area contributed by atoms with Gasteiger partial charge in [0.05, 0.1) is 42.7 Å². The zero-order valence-corrected chi connectivity index (χ0v) is 21.8. The fourth-order valence-electron chi connectivity index (χ4n) is 3.60. The van der Waals surface area contributed by atoms with Crippen molar-refractivity contribution in [1.82, 2.24) is 0 Å². The molecular formula is C29H31NO7. The number of ether oxygens (including phenoxy) is 6. The molecule has 3 rings (SSSR count). The quantitative estimate of drug-likeness (QED) is 0.190. The highest BCUT2D eigenvalue weighted by Gasteiger charge is 2.13. The van der Waals surface area contributed by atoms with Gasteiger partial charge in [0.25, 0.3) is 0 Å². The standard InChI is InChI=1S/C29H31NO7/c1-32-22-11-9-20(10-12-22)24(31)13-14-30-23-18-26(34-3)25(33-2)17-21(23)8-7-19-15-27(35-4)29(37-6)28(16-19)36-5/h7-18,30H,1-6H3. The average molecular weight is 506 g/mol. The van der Waals surface area contributed by atoms with Crippen LogP contribution in [0.15, 0.2) is 60.8 Å². The maximum absolute atomic E-state index is 12.6. The molecule has 0 bridgehead atoms. The summed E-state index contributed by atoms with van der Waals surface area (Å²) in [5.41, 5.74) is 2.89. The summed E-state index contributed by atoms with van der Waals surface area (Å²) in [4.78, 5) is 12.6. The third-order valence-electron chi connectivity index (χ3n) is 5.55. The molecule has 0 fully saturated rings. The SMILES string of the molecule is COc1ccc(C(=O)C=CNc2cc(OC)c(OC)cc2C=Cc2cc(OC)c(OC)c(OC)c2)cc1. The molecule has 0 amide bonds. The average Bonchev–Trinajstić information content (AvgIpc) is 2.95. The second-order valence-corrected chi connectivity index (χ2v) is 7.66. The van der Waals surface area contributed by atoms with Gasteiger partial charge < -0.3 is 33.7 Å². The number of benzene rings is 3. The zero-order valence-electron chi connectivity index (χ0n) is 21.8. The highest BCUT2D eigenvalue weighted by molar-refractivity contribution is 6.04. The van der Waals surface area contributed by atoms with Crippen molar-refractivity contribution < 1.29 is 33.2 Å². The Morgan fingerprint density at radius 1 is 0.676 bits per heavy atom. The summed E-state index contributed by atoms with van der Waals surface area (Å²) in [5, 5.41) is 3.18. The number of nitrogens with one attached hydrogen (secondary N) is 1. The van der Waals surface area contributed by atoms with E-state index in [2.05, 4.69) is 5.32 Å². The number of hydrogen-bond donors (Lipinski definition) is 1. The lowest BCUT2D eigenvalue weighted by molar-refractivity contribution is 0.104. The molecular weight excluding hydrogens is 474 g/mol. The molecule has 8 nitrogen and oxygen atoms in total. The topological polar surface area (TPSA) is 84.5 Å². The molecule has 0 saturated heterocycles. The Labute approximate surface area is 217 Å². The van der Waals surface area contributed by atoms with E-state index in [1.54, 1.807) is 79.2 Å². The Balaban J connectivity index is 1.91. The lowest BCUT2D eigenvalue weighted by Gasteiger charge is -2.14. The molecule has 8 heteroatoms. The van der Waals surface area contributed by atoms with Crippen LogP contribution in [0.3, 0.4) is 0 Å². The van der Waals surface area contributed by atoms with Gasteiger partial charge in [0.1, 0.15) is 5.75 Å². The first-order valence-corrected chi connectivity index (χ1v) is 11.3. The smallest absolute Gasteiger partial charge is 0.203 e. The lowest BCUT2D eigenvalue weighted by atomic mass is 10.1. The summed E-state index contributed by atoms with van der Waals surface area (Å²) in [6.45, 7) is 0. The normalized spacial score (nSPS) is 10.9. The van der Waals surface area contributed by atoms with E-state index in [1.165, 1.54) is 6.08 Å². The van der Waals surface area contributed by atoms with Crippen molar-refractivity contribution in [3.05, 3.63) is 77.5 Å². The van der Waals surface area contributed by atoms with Crippen LogP contribution in [0, 0.1) is 0 Å². The number of hydrogen-bond acceptors (Lipinski definition) is 8. The van der Waals surface area contributed by atoms with Gasteiger partial charge in [-0.2, -0.15) is 0 Å². The van der Waals surface area contributed by atoms with Crippen LogP contribution >= 0.6 is 0 Å². The van der Waals surface area contributed by atoms with Crippen molar-refractivity contribution in [2.75, 3.05) is 48.0 Å². The summed E-state index contributed by atoms with van der Waals surface area (Å²) in [7, 11) is 9.42. The van der Waals surface area contributed by atoms with Gasteiger partial charge in [0.15, 0.2) is 28.8 Å². The second-order valence-electron chi connectivity index (χ2n) is 7.66. The van der Waals surface area contributed by atoms with E-state index < -0.39 is 0 Å². The molecule has 0 saturated carbocycles. The van der Waals surface area contributed by atoms with Gasteiger partial charge >= 0.3 is 0 Å². The van der Waals surface area contributed by atoms with Crippen LogP contribution in [0.1, 0.15) is 21.5 Å². The van der Waals surface area contributed by atoms with Crippen molar-refractivity contribution in [2.24, 2.45) is 0 Å². The van der Waals surface area contributed by atoms with Crippen LogP contribution in [0.25, 0.3) is 12.2 Å². The van der Waals surface area contributed by atoms with Gasteiger partial charge in [-0.3, -0.25) is 4.79 Å². The third kappa shape index (κ3) is 6.55. The molecule has 194 valence electrons. The minimum atomic E-state index is -0.148. The molecule has 3 aromatic carbocycles. The molecule has 3 aromatic rings. The first-order chi connectivity index (χ1) is 18.0. The number of ketones is 1. The Morgan fingerprint density at radius 3 is 1.81 bits per heavy atom. The van der Waals surface area contributed by atoms with E-state index in [1.807, 2.05) is 30.4 Å². The maximum atomic E-state index is 12.6. The number of allylic oxidation sites excluding steroid dienone is 1. The molecule has 0 radical (unpaired) electrons. The number of carbonyl (C=O) groups excluding carboxylic acids is 1. The Hall–Kier alpha value is -4.59. The predicted molar refractivity (Wildman–Crippen MR) is 145 cm³/mol. The molecule has 0 spiro atoms. The third-order valence-corrected chi connectivity index (χ3v) is 5.55. The van der Waals surface area contributed by atoms with Gasteiger partial charge in [-0.25, -0.2) is 0 Å². The lowest BCUT2D eigenvalue weighted by Crippen LogP contribution is -1.99. The number of anilines is 1. The highest BCUT2D eigenvalue weighted by Crippen LogP contribution is 2.39. The monoisotopic (exact) mass is 505 g/mol. The van der Waals surface area contributed by atoms with Crippen molar-refractivity contribution in [2.45, 2.75) is 0 Å². The first kappa shape index (κ1) is 27.0. The molecule has 0 aliphatic heterocycles. The van der Waals surface area contributed by atoms with E-state index >= 15 is 0 Å². The minimum absolute atomic E-state index is 0.148. The second kappa shape index (κ2) is 12.9. The molecule has 0 aromatic heterocycles. The fraction of sp³-hybridized carbons (Fsp3) is 0.207. The van der Waals surface area contributed by atoms with Crippen molar-refractivity contribution >= 4 is 23.6 Å². The van der Waals surface area contributed by atoms with Gasteiger partial charge in [0.2, 0.25) is 5.75 Å². The fourth-order valence-corrected chi connectivity index (χ4v) is 3.60. The van der Waals surface area contributed by atoms with Crippen LogP contribution in [-0.2, 0) is 0 Å². The molecule has 0 atom stereocenters. The highest BCUT2D eigenvalue weighted by atomic mass is 16.5. The Morgan fingerprint density at radius 2 is 1.27 bits per heavy atom. The molecule has 0 heterocycles. The number of carbonyl (C=O) groups is 1. The van der Waals surface area contributed by atoms with Gasteiger partial charge in [-0.1, -0.05) is 12.2 Å². The van der Waals surface area contributed by atoms with Gasteiger partial charge in [0, 0.05) is 35.2 Å². The van der Waals surface area contributed by atoms with Gasteiger partial charge in [-0.15, -0.1) is 0 Å². The molecule has 0 aliphatic carbocycles. The summed E-state index contributed by atoms with van der Waals surface area (Å²) < 4.78 is 32.4. The van der Waals surface area contributed by atoms with E-state index in [4.69, 9.17) is 28.4 Å². The Kier molecular flexibility index (Phi) is 9.43. The number of rotatable bonds is 12. The van der Waals surface area contributed by atoms with Crippen LogP contribution in [-0.4, -0.2) is 48.4 Å². The summed E-state index contributed by atoms with van der Waals surface area (Å²) in [5.74, 6) is 3.26. The largest absolute Gasteiger partial charge is 0.497 e. The van der Waals surface area contributed by atoms with Crippen molar-refractivity contribution in [1.29, 1.82) is 0 Å². The van der Waals surface area contributed by atoms with Crippen LogP contribution in [0.4, 0.5) is 5.69 Å². The van der Waals surface area contributed by atoms with E-state index in [-0.39, 0.29) is 5.78 Å². The van der Waals surface area contributed by atoms with Crippen LogP contribution in [0.2, 0.25) is 0 Å². The van der Waals surface area contributed by atoms with Crippen molar-refractivity contribution in [3.8, 4) is 34.5 Å². The first-order valence-electron chi connectivity index (χ1n) is 11.3. The Bertz CT molecular complexity index is 1260. The molecule has 1 N–H and O–H groups in total. The molecule has 0 unspecified atom stereocenters. The van der Waals surface area contributed by atoms with Gasteiger partial charge in [-0.05, 0) is 48.0 Å². The predicted octanol–water partition coefficient (Wildman–Crippen LogP) is 5.72. The van der Waals surface area contributed by atoms with Crippen LogP contribution < -0.4 is 33.7 Å². The van der Waals surface area contributed by atoms with Crippen LogP contribution in [0.5, 0.6) is 34.5 Å². The minimum Gasteiger partial charge on any atom is -0.497 e. The van der Waals surface area contributed by atoms with E-state index in [0.29, 0.717) is 45.7 Å². The summed E-state index contributed by atoms with van der Waals surface area (Å²) in [6.07, 6.45) is 6.86. The summed E-state index contributed by atoms with van der Waals surface area (Å²) in [6, 6.07) is 14.3. The van der Waals surface area contributed by atoms with E-state index in [0.717, 1.165) is 11.1 Å². The zero-order chi connectivity index (χ0) is 26.8. The summed E-state index contributed by atoms with van der Waals surface area (Å²) >= 11 is 0. The molecule has 0 aliphatic rings. The van der Waals surface area contributed by atoms with E-state index in [9.17, 15) is 4.79 Å². The number of methoxy groups -OCH3 is 6.